The Balaban J connectivity index is 1.46. The van der Waals surface area contributed by atoms with Crippen LogP contribution < -0.4 is 5.56 Å². The molecule has 0 bridgehead atoms. The molecule has 2 aromatic heterocycles. The topological polar surface area (TPSA) is 52.0 Å². The molecule has 4 nitrogen and oxygen atoms in total. The Morgan fingerprint density at radius 1 is 1.20 bits per heavy atom. The van der Waals surface area contributed by atoms with Crippen LogP contribution in [0.15, 0.2) is 65.1 Å². The van der Waals surface area contributed by atoms with E-state index < -0.39 is 0 Å². The van der Waals surface area contributed by atoms with E-state index >= 15 is 0 Å². The molecule has 0 saturated carbocycles. The van der Waals surface area contributed by atoms with Crippen LogP contribution in [-0.4, -0.2) is 21.1 Å². The molecule has 0 radical (unpaired) electrons. The van der Waals surface area contributed by atoms with E-state index in [1.165, 1.54) is 22.2 Å². The fourth-order valence-corrected chi connectivity index (χ4v) is 6.24. The number of thiophene rings is 1. The molecular weight excluding hydrogens is 412 g/mol. The molecule has 1 aliphatic rings. The fraction of sp³-hybridized carbons (Fsp3) is 0.208. The summed E-state index contributed by atoms with van der Waals surface area (Å²) >= 11 is 2.95. The van der Waals surface area contributed by atoms with Crippen molar-refractivity contribution in [1.29, 1.82) is 0 Å². The van der Waals surface area contributed by atoms with Crippen molar-refractivity contribution < 1.29 is 4.79 Å². The van der Waals surface area contributed by atoms with Crippen molar-refractivity contribution in [2.24, 2.45) is 0 Å². The quantitative estimate of drug-likeness (QED) is 0.180. The largest absolute Gasteiger partial charge is 0.293 e. The molecule has 0 N–H and O–H groups in total. The lowest BCUT2D eigenvalue weighted by Crippen LogP contribution is -2.23. The van der Waals surface area contributed by atoms with Crippen LogP contribution in [0.4, 0.5) is 0 Å². The number of allylic oxidation sites excluding steroid dienone is 1. The first-order valence-corrected chi connectivity index (χ1v) is 11.8. The highest BCUT2D eigenvalue weighted by Gasteiger charge is 2.23. The lowest BCUT2D eigenvalue weighted by atomic mass is 10.1. The zero-order valence-electron chi connectivity index (χ0n) is 16.4. The number of aryl methyl sites for hydroxylation is 2. The van der Waals surface area contributed by atoms with Crippen LogP contribution in [0.2, 0.25) is 0 Å². The molecule has 0 aliphatic heterocycles. The van der Waals surface area contributed by atoms with Crippen molar-refractivity contribution in [1.82, 2.24) is 9.55 Å². The lowest BCUT2D eigenvalue weighted by Gasteiger charge is -2.10. The molecule has 0 spiro atoms. The Bertz CT molecular complexity index is 1370. The molecule has 0 unspecified atom stereocenters. The third-order valence-corrected chi connectivity index (χ3v) is 7.67. The van der Waals surface area contributed by atoms with E-state index in [2.05, 4.69) is 6.58 Å². The second-order valence-corrected chi connectivity index (χ2v) is 9.44. The van der Waals surface area contributed by atoms with Gasteiger partial charge in [-0.2, -0.15) is 0 Å². The number of rotatable bonds is 6. The van der Waals surface area contributed by atoms with Gasteiger partial charge in [-0.1, -0.05) is 54.2 Å². The first-order chi connectivity index (χ1) is 14.7. The summed E-state index contributed by atoms with van der Waals surface area (Å²) < 4.78 is 1.65. The van der Waals surface area contributed by atoms with Crippen molar-refractivity contribution >= 4 is 49.9 Å². The highest BCUT2D eigenvalue weighted by atomic mass is 32.2. The van der Waals surface area contributed by atoms with Gasteiger partial charge in [0.15, 0.2) is 10.9 Å². The summed E-state index contributed by atoms with van der Waals surface area (Å²) in [6.07, 6.45) is 4.79. The predicted molar refractivity (Wildman–Crippen MR) is 125 cm³/mol. The maximum absolute atomic E-state index is 13.2. The average molecular weight is 433 g/mol. The van der Waals surface area contributed by atoms with Crippen molar-refractivity contribution in [3.05, 3.63) is 81.5 Å². The first kappa shape index (κ1) is 19.3. The number of nitrogens with zero attached hydrogens (tertiary/aromatic N) is 2. The average Bonchev–Trinajstić information content (AvgIpc) is 3.35. The van der Waals surface area contributed by atoms with E-state index in [1.54, 1.807) is 22.0 Å². The number of carbonyl (C=O) groups excluding carboxylic acids is 1. The van der Waals surface area contributed by atoms with E-state index in [-0.39, 0.29) is 17.1 Å². The minimum atomic E-state index is -0.0139. The SMILES string of the molecule is C=CCn1c(SCC(=O)c2ccc3ccccc3c2)nc2sc3c(c2c1=O)CCC3. The van der Waals surface area contributed by atoms with Crippen molar-refractivity contribution in [2.45, 2.75) is 31.0 Å². The van der Waals surface area contributed by atoms with Crippen LogP contribution in [0.5, 0.6) is 0 Å². The number of hydrogen-bond donors (Lipinski definition) is 0. The van der Waals surface area contributed by atoms with Gasteiger partial charge in [0.05, 0.1) is 11.1 Å². The number of fused-ring (bicyclic) bond motifs is 4. The van der Waals surface area contributed by atoms with Crippen LogP contribution in [0.1, 0.15) is 27.2 Å². The maximum Gasteiger partial charge on any atom is 0.263 e. The zero-order chi connectivity index (χ0) is 20.7. The summed E-state index contributed by atoms with van der Waals surface area (Å²) in [7, 11) is 0. The fourth-order valence-electron chi connectivity index (χ4n) is 4.03. The Hall–Kier alpha value is -2.70. The van der Waals surface area contributed by atoms with Gasteiger partial charge in [0.25, 0.3) is 5.56 Å². The Morgan fingerprint density at radius 3 is 2.87 bits per heavy atom. The molecule has 30 heavy (non-hydrogen) atoms. The smallest absolute Gasteiger partial charge is 0.263 e. The second-order valence-electron chi connectivity index (χ2n) is 7.41. The molecule has 4 aromatic rings. The summed E-state index contributed by atoms with van der Waals surface area (Å²) in [5.41, 5.74) is 1.84. The van der Waals surface area contributed by atoms with Crippen LogP contribution in [0.3, 0.4) is 0 Å². The second kappa shape index (κ2) is 7.85. The van der Waals surface area contributed by atoms with E-state index in [0.29, 0.717) is 17.3 Å². The number of ketones is 1. The van der Waals surface area contributed by atoms with Gasteiger partial charge in [0.2, 0.25) is 0 Å². The highest BCUT2D eigenvalue weighted by molar-refractivity contribution is 7.99. The molecule has 0 amide bonds. The van der Waals surface area contributed by atoms with Gasteiger partial charge in [-0.25, -0.2) is 4.98 Å². The Morgan fingerprint density at radius 2 is 2.03 bits per heavy atom. The number of Topliss-reactive ketones (excluding diaryl/α,β-unsaturated/α-hetero) is 1. The van der Waals surface area contributed by atoms with Gasteiger partial charge in [0.1, 0.15) is 4.83 Å². The van der Waals surface area contributed by atoms with Crippen molar-refractivity contribution in [2.75, 3.05) is 5.75 Å². The van der Waals surface area contributed by atoms with E-state index in [4.69, 9.17) is 4.98 Å². The van der Waals surface area contributed by atoms with Gasteiger partial charge in [-0.3, -0.25) is 14.2 Å². The van der Waals surface area contributed by atoms with Gasteiger partial charge in [0, 0.05) is 17.0 Å². The Labute approximate surface area is 182 Å². The molecule has 1 aliphatic carbocycles. The molecule has 0 fully saturated rings. The molecule has 2 aromatic carbocycles. The number of hydrogen-bond acceptors (Lipinski definition) is 5. The molecule has 5 rings (SSSR count). The highest BCUT2D eigenvalue weighted by Crippen LogP contribution is 2.35. The third kappa shape index (κ3) is 3.30. The molecular formula is C24H20N2O2S2. The summed E-state index contributed by atoms with van der Waals surface area (Å²) in [4.78, 5) is 32.9. The summed E-state index contributed by atoms with van der Waals surface area (Å²) in [5, 5.41) is 3.50. The maximum atomic E-state index is 13.2. The van der Waals surface area contributed by atoms with E-state index in [0.717, 1.165) is 40.3 Å². The number of thioether (sulfide) groups is 1. The first-order valence-electron chi connectivity index (χ1n) is 9.96. The minimum Gasteiger partial charge on any atom is -0.293 e. The van der Waals surface area contributed by atoms with Crippen LogP contribution in [0, 0.1) is 0 Å². The van der Waals surface area contributed by atoms with Crippen LogP contribution in [0.25, 0.3) is 21.0 Å². The summed E-state index contributed by atoms with van der Waals surface area (Å²) in [6.45, 7) is 4.18. The van der Waals surface area contributed by atoms with Gasteiger partial charge < -0.3 is 0 Å². The third-order valence-electron chi connectivity index (χ3n) is 5.51. The van der Waals surface area contributed by atoms with E-state index in [9.17, 15) is 9.59 Å². The minimum absolute atomic E-state index is 0.0139. The number of aromatic nitrogens is 2. The predicted octanol–water partition coefficient (Wildman–Crippen LogP) is 5.26. The van der Waals surface area contributed by atoms with Crippen molar-refractivity contribution in [3.63, 3.8) is 0 Å². The number of benzene rings is 2. The molecule has 0 saturated heterocycles. The molecule has 0 atom stereocenters. The molecule has 150 valence electrons. The standard InChI is InChI=1S/C24H20N2O2S2/c1-2-12-26-23(28)21-18-8-5-9-20(18)30-22(21)25-24(26)29-14-19(27)17-11-10-15-6-3-4-7-16(15)13-17/h2-4,6-7,10-11,13H,1,5,8-9,12,14H2. The molecule has 2 heterocycles. The number of carbonyl (C=O) groups is 1. The van der Waals surface area contributed by atoms with Gasteiger partial charge in [-0.05, 0) is 41.7 Å². The van der Waals surface area contributed by atoms with Gasteiger partial charge in [-0.15, -0.1) is 17.9 Å². The molecule has 6 heteroatoms. The Kier molecular flexibility index (Phi) is 5.05. The van der Waals surface area contributed by atoms with Crippen LogP contribution in [-0.2, 0) is 19.4 Å². The normalized spacial score (nSPS) is 13.1. The van der Waals surface area contributed by atoms with E-state index in [1.807, 2.05) is 42.5 Å². The summed E-state index contributed by atoms with van der Waals surface area (Å²) in [6, 6.07) is 13.8. The summed E-state index contributed by atoms with van der Waals surface area (Å²) in [5.74, 6) is 0.261. The zero-order valence-corrected chi connectivity index (χ0v) is 18.0. The monoisotopic (exact) mass is 432 g/mol. The van der Waals surface area contributed by atoms with Crippen molar-refractivity contribution in [3.8, 4) is 0 Å². The van der Waals surface area contributed by atoms with Gasteiger partial charge >= 0.3 is 0 Å². The van der Waals surface area contributed by atoms with Crippen LogP contribution >= 0.6 is 23.1 Å². The lowest BCUT2D eigenvalue weighted by molar-refractivity contribution is 0.102.